The first kappa shape index (κ1) is 15.1. The summed E-state index contributed by atoms with van der Waals surface area (Å²) in [6.07, 6.45) is 2.34. The molecular formula is C14H25NS2. The molecule has 3 heteroatoms. The Morgan fingerprint density at radius 3 is 2.47 bits per heavy atom. The third-order valence-electron chi connectivity index (χ3n) is 2.69. The molecule has 0 saturated carbocycles. The highest BCUT2D eigenvalue weighted by Gasteiger charge is 2.09. The lowest BCUT2D eigenvalue weighted by molar-refractivity contribution is 0.620. The van der Waals surface area contributed by atoms with Crippen molar-refractivity contribution in [2.24, 2.45) is 5.92 Å². The van der Waals surface area contributed by atoms with Gasteiger partial charge in [0.15, 0.2) is 0 Å². The van der Waals surface area contributed by atoms with E-state index in [0.29, 0.717) is 6.04 Å². The largest absolute Gasteiger partial charge is 0.316 e. The Hall–Kier alpha value is 0.01000. The Bertz CT molecular complexity index is 307. The summed E-state index contributed by atoms with van der Waals surface area (Å²) in [5.74, 6) is 3.28. The Morgan fingerprint density at radius 1 is 1.24 bits per heavy atom. The molecule has 0 fully saturated rings. The molecule has 1 aromatic rings. The topological polar surface area (TPSA) is 12.0 Å². The molecule has 0 spiro atoms. The van der Waals surface area contributed by atoms with Gasteiger partial charge in [-0.25, -0.2) is 0 Å². The second-order valence-electron chi connectivity index (χ2n) is 4.84. The van der Waals surface area contributed by atoms with Gasteiger partial charge in [-0.15, -0.1) is 11.3 Å². The van der Waals surface area contributed by atoms with E-state index in [2.05, 4.69) is 57.0 Å². The molecule has 1 unspecified atom stereocenters. The zero-order valence-corrected chi connectivity index (χ0v) is 13.1. The molecule has 1 N–H and O–H groups in total. The highest BCUT2D eigenvalue weighted by atomic mass is 32.2. The average molecular weight is 271 g/mol. The van der Waals surface area contributed by atoms with Crippen LogP contribution in [0.3, 0.4) is 0 Å². The highest BCUT2D eigenvalue weighted by Crippen LogP contribution is 2.20. The first-order valence-corrected chi connectivity index (χ1v) is 8.45. The normalized spacial score (nSPS) is 13.2. The van der Waals surface area contributed by atoms with Gasteiger partial charge in [-0.3, -0.25) is 0 Å². The van der Waals surface area contributed by atoms with Crippen molar-refractivity contribution in [3.63, 3.8) is 0 Å². The third-order valence-corrected chi connectivity index (χ3v) is 5.48. The summed E-state index contributed by atoms with van der Waals surface area (Å²) in [6.45, 7) is 6.80. The molecule has 17 heavy (non-hydrogen) atoms. The molecule has 0 aliphatic rings. The number of thiophene rings is 1. The number of nitrogens with one attached hydrogen (secondary N) is 1. The summed E-state index contributed by atoms with van der Waals surface area (Å²) in [5.41, 5.74) is 0. The van der Waals surface area contributed by atoms with Gasteiger partial charge in [0.2, 0.25) is 0 Å². The monoisotopic (exact) mass is 271 g/mol. The fourth-order valence-electron chi connectivity index (χ4n) is 1.66. The Morgan fingerprint density at radius 2 is 1.94 bits per heavy atom. The van der Waals surface area contributed by atoms with Crippen molar-refractivity contribution in [1.82, 2.24) is 5.32 Å². The van der Waals surface area contributed by atoms with Crippen LogP contribution in [0.2, 0.25) is 0 Å². The number of hydrogen-bond acceptors (Lipinski definition) is 3. The second kappa shape index (κ2) is 8.17. The summed E-state index contributed by atoms with van der Waals surface area (Å²) < 4.78 is 0. The minimum absolute atomic E-state index is 0.613. The number of aryl methyl sites for hydroxylation is 1. The predicted molar refractivity (Wildman–Crippen MR) is 82.4 cm³/mol. The van der Waals surface area contributed by atoms with Crippen molar-refractivity contribution in [2.45, 2.75) is 39.7 Å². The summed E-state index contributed by atoms with van der Waals surface area (Å²) in [4.78, 5) is 3.02. The molecule has 98 valence electrons. The molecule has 1 rings (SSSR count). The van der Waals surface area contributed by atoms with E-state index in [0.717, 1.165) is 12.3 Å². The molecule has 0 aliphatic carbocycles. The highest BCUT2D eigenvalue weighted by molar-refractivity contribution is 7.99. The van der Waals surface area contributed by atoms with Crippen LogP contribution in [-0.2, 0) is 12.8 Å². The molecule has 0 radical (unpaired) electrons. The molecule has 0 aliphatic heterocycles. The van der Waals surface area contributed by atoms with E-state index in [1.807, 2.05) is 11.3 Å². The van der Waals surface area contributed by atoms with Crippen LogP contribution in [0, 0.1) is 5.92 Å². The number of hydrogen-bond donors (Lipinski definition) is 1. The fraction of sp³-hybridized carbons (Fsp3) is 0.714. The zero-order valence-electron chi connectivity index (χ0n) is 11.5. The van der Waals surface area contributed by atoms with Crippen LogP contribution in [0.1, 0.15) is 30.5 Å². The van der Waals surface area contributed by atoms with Crippen molar-refractivity contribution in [3.05, 3.63) is 21.9 Å². The lowest BCUT2D eigenvalue weighted by Crippen LogP contribution is -2.30. The molecule has 1 atom stereocenters. The first-order valence-electron chi connectivity index (χ1n) is 6.48. The van der Waals surface area contributed by atoms with E-state index >= 15 is 0 Å². The number of rotatable bonds is 8. The molecule has 1 aromatic heterocycles. The van der Waals surface area contributed by atoms with Gasteiger partial charge in [0.05, 0.1) is 0 Å². The fourth-order valence-corrected chi connectivity index (χ4v) is 3.87. The maximum absolute atomic E-state index is 3.44. The van der Waals surface area contributed by atoms with E-state index in [4.69, 9.17) is 0 Å². The molecule has 1 nitrogen and oxygen atoms in total. The van der Waals surface area contributed by atoms with Crippen molar-refractivity contribution in [1.29, 1.82) is 0 Å². The minimum atomic E-state index is 0.613. The summed E-state index contributed by atoms with van der Waals surface area (Å²) in [5, 5.41) is 3.44. The summed E-state index contributed by atoms with van der Waals surface area (Å²) in [7, 11) is 2.08. The molecule has 0 aromatic carbocycles. The molecule has 0 saturated heterocycles. The van der Waals surface area contributed by atoms with Gasteiger partial charge < -0.3 is 5.32 Å². The van der Waals surface area contributed by atoms with Crippen LogP contribution in [0.15, 0.2) is 12.1 Å². The van der Waals surface area contributed by atoms with Crippen molar-refractivity contribution in [3.8, 4) is 0 Å². The Balaban J connectivity index is 2.35. The van der Waals surface area contributed by atoms with Crippen molar-refractivity contribution < 1.29 is 0 Å². The molecule has 1 heterocycles. The van der Waals surface area contributed by atoms with E-state index < -0.39 is 0 Å². The number of likely N-dealkylation sites (N-methyl/N-ethyl adjacent to an activating group) is 1. The molecule has 0 bridgehead atoms. The quantitative estimate of drug-likeness (QED) is 0.771. The summed E-state index contributed by atoms with van der Waals surface area (Å²) in [6, 6.07) is 5.18. The van der Waals surface area contributed by atoms with Crippen LogP contribution in [0.4, 0.5) is 0 Å². The van der Waals surface area contributed by atoms with E-state index in [9.17, 15) is 0 Å². The predicted octanol–water partition coefficient (Wildman–Crippen LogP) is 3.83. The molecular weight excluding hydrogens is 246 g/mol. The van der Waals surface area contributed by atoms with Gasteiger partial charge >= 0.3 is 0 Å². The lowest BCUT2D eigenvalue weighted by Gasteiger charge is -2.15. The van der Waals surface area contributed by atoms with Gasteiger partial charge in [0, 0.05) is 21.5 Å². The Labute approximate surface area is 114 Å². The smallest absolute Gasteiger partial charge is 0.0203 e. The summed E-state index contributed by atoms with van der Waals surface area (Å²) >= 11 is 4.04. The van der Waals surface area contributed by atoms with Gasteiger partial charge in [-0.2, -0.15) is 11.8 Å². The lowest BCUT2D eigenvalue weighted by atomic mass is 10.2. The second-order valence-corrected chi connectivity index (χ2v) is 7.17. The van der Waals surface area contributed by atoms with Gasteiger partial charge in [-0.1, -0.05) is 20.8 Å². The van der Waals surface area contributed by atoms with E-state index in [-0.39, 0.29) is 0 Å². The van der Waals surface area contributed by atoms with Crippen LogP contribution in [-0.4, -0.2) is 24.6 Å². The maximum atomic E-state index is 3.44. The average Bonchev–Trinajstić information content (AvgIpc) is 2.75. The van der Waals surface area contributed by atoms with Gasteiger partial charge in [0.25, 0.3) is 0 Å². The van der Waals surface area contributed by atoms with Gasteiger partial charge in [-0.05, 0) is 43.7 Å². The standard InChI is InChI=1S/C14H25NS2/c1-5-13-6-7-14(17-13)8-12(15-4)10-16-9-11(2)3/h6-7,11-12,15H,5,8-10H2,1-4H3. The maximum Gasteiger partial charge on any atom is 0.0203 e. The first-order chi connectivity index (χ1) is 8.15. The Kier molecular flexibility index (Phi) is 7.24. The van der Waals surface area contributed by atoms with Crippen LogP contribution in [0.5, 0.6) is 0 Å². The van der Waals surface area contributed by atoms with Crippen LogP contribution in [0.25, 0.3) is 0 Å². The molecule has 0 amide bonds. The third kappa shape index (κ3) is 5.94. The minimum Gasteiger partial charge on any atom is -0.316 e. The zero-order chi connectivity index (χ0) is 12.7. The number of thioether (sulfide) groups is 1. The van der Waals surface area contributed by atoms with E-state index in [1.165, 1.54) is 27.7 Å². The van der Waals surface area contributed by atoms with Crippen LogP contribution >= 0.6 is 23.1 Å². The van der Waals surface area contributed by atoms with Gasteiger partial charge in [0.1, 0.15) is 0 Å². The van der Waals surface area contributed by atoms with Crippen LogP contribution < -0.4 is 5.32 Å². The van der Waals surface area contributed by atoms with E-state index in [1.54, 1.807) is 0 Å². The van der Waals surface area contributed by atoms with Crippen molar-refractivity contribution >= 4 is 23.1 Å². The SMILES string of the molecule is CCc1ccc(CC(CSCC(C)C)NC)s1. The van der Waals surface area contributed by atoms with Crippen molar-refractivity contribution in [2.75, 3.05) is 18.6 Å².